The highest BCUT2D eigenvalue weighted by molar-refractivity contribution is 5.93. The average molecular weight is 455 g/mol. The van der Waals surface area contributed by atoms with E-state index in [1.165, 1.54) is 12.5 Å². The second-order valence-electron chi connectivity index (χ2n) is 6.73. The molecule has 1 aromatic heterocycles. The molecular formula is C17H25N7O8. The van der Waals surface area contributed by atoms with Gasteiger partial charge in [0.15, 0.2) is 0 Å². The van der Waals surface area contributed by atoms with Crippen molar-refractivity contribution in [3.63, 3.8) is 0 Å². The van der Waals surface area contributed by atoms with E-state index in [2.05, 4.69) is 25.9 Å². The van der Waals surface area contributed by atoms with Crippen molar-refractivity contribution in [1.29, 1.82) is 0 Å². The number of carboxylic acid groups (broad SMARTS) is 2. The number of aromatic amines is 1. The fourth-order valence-electron chi connectivity index (χ4n) is 2.47. The highest BCUT2D eigenvalue weighted by atomic mass is 16.4. The van der Waals surface area contributed by atoms with Gasteiger partial charge >= 0.3 is 11.9 Å². The smallest absolute Gasteiger partial charge is 0.326 e. The van der Waals surface area contributed by atoms with Crippen LogP contribution in [0.3, 0.4) is 0 Å². The van der Waals surface area contributed by atoms with Crippen LogP contribution in [0.15, 0.2) is 12.5 Å². The number of primary amides is 1. The van der Waals surface area contributed by atoms with Crippen molar-refractivity contribution in [3.05, 3.63) is 18.2 Å². The molecule has 10 N–H and O–H groups in total. The predicted octanol–water partition coefficient (Wildman–Crippen LogP) is -3.81. The third-order valence-electron chi connectivity index (χ3n) is 4.08. The molecule has 0 spiro atoms. The van der Waals surface area contributed by atoms with E-state index in [9.17, 15) is 28.8 Å². The van der Waals surface area contributed by atoms with Crippen molar-refractivity contribution < 1.29 is 39.0 Å². The number of amides is 4. The van der Waals surface area contributed by atoms with Gasteiger partial charge in [0.25, 0.3) is 0 Å². The molecule has 0 radical (unpaired) electrons. The Morgan fingerprint density at radius 1 is 1.06 bits per heavy atom. The largest absolute Gasteiger partial charge is 0.481 e. The molecular weight excluding hydrogens is 430 g/mol. The third-order valence-corrected chi connectivity index (χ3v) is 4.08. The van der Waals surface area contributed by atoms with Gasteiger partial charge in [0, 0.05) is 24.7 Å². The number of hydrogen-bond donors (Lipinski definition) is 8. The van der Waals surface area contributed by atoms with Gasteiger partial charge in [-0.25, -0.2) is 9.78 Å². The summed E-state index contributed by atoms with van der Waals surface area (Å²) in [7, 11) is 0. The summed E-state index contributed by atoms with van der Waals surface area (Å²) >= 11 is 0. The molecule has 1 rings (SSSR count). The van der Waals surface area contributed by atoms with Gasteiger partial charge in [-0.15, -0.1) is 0 Å². The maximum atomic E-state index is 12.5. The fourth-order valence-corrected chi connectivity index (χ4v) is 2.47. The van der Waals surface area contributed by atoms with Crippen molar-refractivity contribution in [1.82, 2.24) is 25.9 Å². The maximum absolute atomic E-state index is 12.5. The quantitative estimate of drug-likeness (QED) is 0.135. The van der Waals surface area contributed by atoms with Crippen LogP contribution in [0, 0.1) is 0 Å². The lowest BCUT2D eigenvalue weighted by Gasteiger charge is -2.20. The first-order chi connectivity index (χ1) is 15.0. The molecule has 1 heterocycles. The Morgan fingerprint density at radius 2 is 1.75 bits per heavy atom. The molecule has 4 amide bonds. The molecule has 15 nitrogen and oxygen atoms in total. The first-order valence-corrected chi connectivity index (χ1v) is 9.32. The SMILES string of the molecule is NC(=O)CCC(NC(=O)CNC(=O)C(Cc1cnc[nH]1)NC(=O)C(N)CC(=O)O)C(=O)O. The van der Waals surface area contributed by atoms with Crippen LogP contribution in [0.5, 0.6) is 0 Å². The molecule has 3 unspecified atom stereocenters. The van der Waals surface area contributed by atoms with Crippen molar-refractivity contribution >= 4 is 35.6 Å². The first-order valence-electron chi connectivity index (χ1n) is 9.32. The number of nitrogens with one attached hydrogen (secondary N) is 4. The lowest BCUT2D eigenvalue weighted by Crippen LogP contribution is -2.54. The van der Waals surface area contributed by atoms with Gasteiger partial charge in [-0.05, 0) is 6.42 Å². The fraction of sp³-hybridized carbons (Fsp3) is 0.471. The van der Waals surface area contributed by atoms with Gasteiger partial charge in [-0.3, -0.25) is 24.0 Å². The van der Waals surface area contributed by atoms with Gasteiger partial charge in [0.1, 0.15) is 12.1 Å². The maximum Gasteiger partial charge on any atom is 0.326 e. The number of carbonyl (C=O) groups excluding carboxylic acids is 4. The molecule has 15 heteroatoms. The van der Waals surface area contributed by atoms with Gasteiger partial charge < -0.3 is 42.6 Å². The summed E-state index contributed by atoms with van der Waals surface area (Å²) in [5.74, 6) is -5.99. The van der Waals surface area contributed by atoms with Crippen molar-refractivity contribution in [2.24, 2.45) is 11.5 Å². The number of aromatic nitrogens is 2. The molecule has 0 saturated carbocycles. The molecule has 1 aromatic rings. The normalized spacial score (nSPS) is 13.3. The average Bonchev–Trinajstić information content (AvgIpc) is 3.20. The zero-order chi connectivity index (χ0) is 24.3. The number of carboxylic acids is 2. The van der Waals surface area contributed by atoms with E-state index < -0.39 is 66.7 Å². The summed E-state index contributed by atoms with van der Waals surface area (Å²) in [6, 6.07) is -4.03. The molecule has 0 aliphatic carbocycles. The van der Waals surface area contributed by atoms with Gasteiger partial charge in [0.2, 0.25) is 23.6 Å². The van der Waals surface area contributed by atoms with Gasteiger partial charge in [-0.2, -0.15) is 0 Å². The molecule has 176 valence electrons. The summed E-state index contributed by atoms with van der Waals surface area (Å²) in [5.41, 5.74) is 10.9. The van der Waals surface area contributed by atoms with Crippen molar-refractivity contribution in [2.75, 3.05) is 6.54 Å². The van der Waals surface area contributed by atoms with Crippen LogP contribution in [-0.2, 0) is 35.2 Å². The number of nitrogens with two attached hydrogens (primary N) is 2. The Bertz CT molecular complexity index is 842. The number of H-pyrrole nitrogens is 1. The van der Waals surface area contributed by atoms with Crippen LogP contribution in [0.25, 0.3) is 0 Å². The van der Waals surface area contributed by atoms with E-state index in [1.54, 1.807) is 0 Å². The monoisotopic (exact) mass is 455 g/mol. The highest BCUT2D eigenvalue weighted by Crippen LogP contribution is 2.01. The van der Waals surface area contributed by atoms with E-state index in [1.807, 2.05) is 0 Å². The van der Waals surface area contributed by atoms with E-state index in [0.29, 0.717) is 5.69 Å². The highest BCUT2D eigenvalue weighted by Gasteiger charge is 2.27. The molecule has 3 atom stereocenters. The Hall–Kier alpha value is -4.01. The van der Waals surface area contributed by atoms with Crippen LogP contribution < -0.4 is 27.4 Å². The molecule has 0 bridgehead atoms. The van der Waals surface area contributed by atoms with E-state index in [4.69, 9.17) is 21.7 Å². The Morgan fingerprint density at radius 3 is 2.28 bits per heavy atom. The molecule has 0 fully saturated rings. The van der Waals surface area contributed by atoms with Crippen LogP contribution in [0.2, 0.25) is 0 Å². The van der Waals surface area contributed by atoms with Crippen molar-refractivity contribution in [2.45, 2.75) is 43.8 Å². The molecule has 0 aliphatic heterocycles. The zero-order valence-electron chi connectivity index (χ0n) is 16.9. The van der Waals surface area contributed by atoms with Crippen LogP contribution in [-0.4, -0.2) is 80.4 Å². The third kappa shape index (κ3) is 9.66. The van der Waals surface area contributed by atoms with Crippen molar-refractivity contribution in [3.8, 4) is 0 Å². The van der Waals surface area contributed by atoms with Crippen LogP contribution >= 0.6 is 0 Å². The Labute approximate surface area is 181 Å². The predicted molar refractivity (Wildman–Crippen MR) is 105 cm³/mol. The lowest BCUT2D eigenvalue weighted by molar-refractivity contribution is -0.142. The molecule has 0 aromatic carbocycles. The van der Waals surface area contributed by atoms with Crippen LogP contribution in [0.1, 0.15) is 25.0 Å². The minimum absolute atomic E-state index is 0.0741. The number of hydrogen-bond acceptors (Lipinski definition) is 8. The number of nitrogens with zero attached hydrogens (tertiary/aromatic N) is 1. The number of rotatable bonds is 14. The standard InChI is InChI=1S/C17H25N7O8/c18-9(4-14(27)28)15(29)24-11(3-8-5-20-7-22-8)16(30)21-6-13(26)23-10(17(31)32)1-2-12(19)25/h5,7,9-11H,1-4,6,18H2,(H2,19,25)(H,20,22)(H,21,30)(H,23,26)(H,24,29)(H,27,28)(H,31,32). The molecule has 0 aliphatic rings. The second-order valence-corrected chi connectivity index (χ2v) is 6.73. The summed E-state index contributed by atoms with van der Waals surface area (Å²) < 4.78 is 0. The Balaban J connectivity index is 2.72. The first kappa shape index (κ1) is 26.0. The number of imidazole rings is 1. The number of carbonyl (C=O) groups is 6. The lowest BCUT2D eigenvalue weighted by atomic mass is 10.1. The van der Waals surface area contributed by atoms with Gasteiger partial charge in [-0.1, -0.05) is 0 Å². The van der Waals surface area contributed by atoms with Gasteiger partial charge in [0.05, 0.1) is 25.3 Å². The summed E-state index contributed by atoms with van der Waals surface area (Å²) in [6.07, 6.45) is 1.51. The zero-order valence-corrected chi connectivity index (χ0v) is 16.9. The van der Waals surface area contributed by atoms with E-state index in [-0.39, 0.29) is 19.3 Å². The topological polar surface area (TPSA) is 260 Å². The van der Waals surface area contributed by atoms with E-state index in [0.717, 1.165) is 0 Å². The minimum atomic E-state index is -1.41. The summed E-state index contributed by atoms with van der Waals surface area (Å²) in [4.78, 5) is 75.9. The second kappa shape index (κ2) is 12.6. The minimum Gasteiger partial charge on any atom is -0.481 e. The Kier molecular flexibility index (Phi) is 10.3. The molecule has 0 saturated heterocycles. The summed E-state index contributed by atoms with van der Waals surface area (Å²) in [5, 5.41) is 24.5. The molecule has 32 heavy (non-hydrogen) atoms. The summed E-state index contributed by atoms with van der Waals surface area (Å²) in [6.45, 7) is -0.629. The number of aliphatic carboxylic acids is 2. The van der Waals surface area contributed by atoms with E-state index >= 15 is 0 Å². The van der Waals surface area contributed by atoms with Crippen LogP contribution in [0.4, 0.5) is 0 Å².